The number of aromatic nitrogens is 2. The van der Waals surface area contributed by atoms with Gasteiger partial charge in [-0.1, -0.05) is 0 Å². The zero-order chi connectivity index (χ0) is 13.2. The molecule has 19 heavy (non-hydrogen) atoms. The van der Waals surface area contributed by atoms with E-state index in [4.69, 9.17) is 0 Å². The molecule has 0 saturated carbocycles. The second-order valence-corrected chi connectivity index (χ2v) is 5.81. The summed E-state index contributed by atoms with van der Waals surface area (Å²) in [6.07, 6.45) is 5.05. The molecule has 3 rings (SSSR count). The number of piperidine rings is 1. The van der Waals surface area contributed by atoms with Crippen LogP contribution in [0.4, 0.5) is 0 Å². The van der Waals surface area contributed by atoms with Crippen LogP contribution in [0, 0.1) is 6.92 Å². The van der Waals surface area contributed by atoms with Crippen molar-refractivity contribution in [2.45, 2.75) is 32.2 Å². The molecule has 1 aliphatic heterocycles. The summed E-state index contributed by atoms with van der Waals surface area (Å²) in [4.78, 5) is 22.1. The van der Waals surface area contributed by atoms with Crippen LogP contribution >= 0.6 is 11.3 Å². The first kappa shape index (κ1) is 12.4. The molecule has 3 heterocycles. The van der Waals surface area contributed by atoms with Crippen molar-refractivity contribution in [3.8, 4) is 0 Å². The van der Waals surface area contributed by atoms with Gasteiger partial charge in [-0.05, 0) is 38.3 Å². The van der Waals surface area contributed by atoms with E-state index in [9.17, 15) is 4.79 Å². The molecule has 1 N–H and O–H groups in total. The van der Waals surface area contributed by atoms with Crippen molar-refractivity contribution >= 4 is 17.2 Å². The number of rotatable bonds is 2. The van der Waals surface area contributed by atoms with E-state index in [1.54, 1.807) is 17.5 Å². The fraction of sp³-hybridized carbons (Fsp3) is 0.429. The van der Waals surface area contributed by atoms with Crippen LogP contribution in [0.1, 0.15) is 46.5 Å². The van der Waals surface area contributed by atoms with Crippen molar-refractivity contribution in [2.75, 3.05) is 6.54 Å². The van der Waals surface area contributed by atoms with Crippen LogP contribution in [0.3, 0.4) is 0 Å². The largest absolute Gasteiger partial charge is 0.357 e. The normalized spacial score (nSPS) is 19.6. The lowest BCUT2D eigenvalue weighted by Gasteiger charge is -2.34. The third-order valence-corrected chi connectivity index (χ3v) is 4.58. The van der Waals surface area contributed by atoms with Crippen LogP contribution in [0.5, 0.6) is 0 Å². The molecule has 1 saturated heterocycles. The SMILES string of the molecule is Cc1csc([C@@H]2CCCCN2C(=O)c2ccc[nH]2)n1. The summed E-state index contributed by atoms with van der Waals surface area (Å²) in [5.41, 5.74) is 1.71. The van der Waals surface area contributed by atoms with Gasteiger partial charge in [0.05, 0.1) is 6.04 Å². The first-order chi connectivity index (χ1) is 9.25. The molecular weight excluding hydrogens is 258 g/mol. The van der Waals surface area contributed by atoms with Crippen molar-refractivity contribution in [1.29, 1.82) is 0 Å². The molecule has 1 fully saturated rings. The van der Waals surface area contributed by atoms with Gasteiger partial charge in [0.15, 0.2) is 0 Å². The Kier molecular flexibility index (Phi) is 3.38. The standard InChI is InChI=1S/C14H17N3OS/c1-10-9-19-13(16-10)12-6-2-3-8-17(12)14(18)11-5-4-7-15-11/h4-5,7,9,12,15H,2-3,6,8H2,1H3/t12-/m0/s1. The number of carbonyl (C=O) groups excluding carboxylic acids is 1. The summed E-state index contributed by atoms with van der Waals surface area (Å²) in [6, 6.07) is 3.84. The first-order valence-electron chi connectivity index (χ1n) is 6.62. The van der Waals surface area contributed by atoms with Crippen molar-refractivity contribution in [3.05, 3.63) is 40.1 Å². The van der Waals surface area contributed by atoms with Crippen LogP contribution in [-0.2, 0) is 0 Å². The van der Waals surface area contributed by atoms with Crippen LogP contribution in [0.15, 0.2) is 23.7 Å². The van der Waals surface area contributed by atoms with Crippen LogP contribution in [0.25, 0.3) is 0 Å². The lowest BCUT2D eigenvalue weighted by Crippen LogP contribution is -2.38. The molecule has 0 radical (unpaired) electrons. The number of nitrogens with one attached hydrogen (secondary N) is 1. The van der Waals surface area contributed by atoms with Gasteiger partial charge in [0, 0.05) is 23.8 Å². The van der Waals surface area contributed by atoms with E-state index in [0.717, 1.165) is 36.5 Å². The number of thiazole rings is 1. The van der Waals surface area contributed by atoms with Crippen LogP contribution in [-0.4, -0.2) is 27.3 Å². The zero-order valence-corrected chi connectivity index (χ0v) is 11.7. The highest BCUT2D eigenvalue weighted by atomic mass is 32.1. The Morgan fingerprint density at radius 2 is 2.42 bits per heavy atom. The van der Waals surface area contributed by atoms with Gasteiger partial charge in [-0.2, -0.15) is 0 Å². The summed E-state index contributed by atoms with van der Waals surface area (Å²) >= 11 is 1.66. The number of H-pyrrole nitrogens is 1. The Morgan fingerprint density at radius 3 is 3.11 bits per heavy atom. The molecule has 5 heteroatoms. The maximum Gasteiger partial charge on any atom is 0.270 e. The topological polar surface area (TPSA) is 49.0 Å². The fourth-order valence-electron chi connectivity index (χ4n) is 2.57. The van der Waals surface area contributed by atoms with E-state index in [1.807, 2.05) is 24.0 Å². The Balaban J connectivity index is 1.87. The quantitative estimate of drug-likeness (QED) is 0.915. The van der Waals surface area contributed by atoms with E-state index in [2.05, 4.69) is 15.3 Å². The van der Waals surface area contributed by atoms with E-state index in [-0.39, 0.29) is 11.9 Å². The molecule has 0 aliphatic carbocycles. The van der Waals surface area contributed by atoms with Gasteiger partial charge < -0.3 is 9.88 Å². The third kappa shape index (κ3) is 2.42. The highest BCUT2D eigenvalue weighted by Gasteiger charge is 2.30. The summed E-state index contributed by atoms with van der Waals surface area (Å²) < 4.78 is 0. The predicted octanol–water partition coefficient (Wildman–Crippen LogP) is 3.15. The summed E-state index contributed by atoms with van der Waals surface area (Å²) in [6.45, 7) is 2.82. The molecule has 100 valence electrons. The van der Waals surface area contributed by atoms with Crippen molar-refractivity contribution in [3.63, 3.8) is 0 Å². The van der Waals surface area contributed by atoms with Crippen LogP contribution in [0.2, 0.25) is 0 Å². The van der Waals surface area contributed by atoms with Gasteiger partial charge >= 0.3 is 0 Å². The molecule has 2 aromatic rings. The molecule has 2 aromatic heterocycles. The molecule has 1 aliphatic rings. The molecule has 0 spiro atoms. The maximum atomic E-state index is 12.5. The number of likely N-dealkylation sites (tertiary alicyclic amines) is 1. The number of aryl methyl sites for hydroxylation is 1. The monoisotopic (exact) mass is 275 g/mol. The molecular formula is C14H17N3OS. The van der Waals surface area contributed by atoms with Gasteiger partial charge in [-0.3, -0.25) is 4.79 Å². The smallest absolute Gasteiger partial charge is 0.270 e. The Morgan fingerprint density at radius 1 is 1.53 bits per heavy atom. The average molecular weight is 275 g/mol. The maximum absolute atomic E-state index is 12.5. The third-order valence-electron chi connectivity index (χ3n) is 3.51. The fourth-order valence-corrected chi connectivity index (χ4v) is 3.52. The zero-order valence-electron chi connectivity index (χ0n) is 10.9. The molecule has 4 nitrogen and oxygen atoms in total. The minimum absolute atomic E-state index is 0.0857. The van der Waals surface area contributed by atoms with Gasteiger partial charge in [0.1, 0.15) is 10.7 Å². The number of nitrogens with zero attached hydrogens (tertiary/aromatic N) is 2. The lowest BCUT2D eigenvalue weighted by molar-refractivity contribution is 0.0605. The average Bonchev–Trinajstić information content (AvgIpc) is 3.09. The minimum Gasteiger partial charge on any atom is -0.357 e. The highest BCUT2D eigenvalue weighted by molar-refractivity contribution is 7.09. The second kappa shape index (κ2) is 5.17. The van der Waals surface area contributed by atoms with Gasteiger partial charge in [-0.25, -0.2) is 4.98 Å². The minimum atomic E-state index is 0.0857. The highest BCUT2D eigenvalue weighted by Crippen LogP contribution is 2.33. The molecule has 0 unspecified atom stereocenters. The molecule has 0 aromatic carbocycles. The van der Waals surface area contributed by atoms with Crippen LogP contribution < -0.4 is 0 Å². The molecule has 1 amide bonds. The molecule has 0 bridgehead atoms. The number of aromatic amines is 1. The first-order valence-corrected chi connectivity index (χ1v) is 7.50. The van der Waals surface area contributed by atoms with Gasteiger partial charge in [0.2, 0.25) is 0 Å². The van der Waals surface area contributed by atoms with Crippen molar-refractivity contribution < 1.29 is 4.79 Å². The Labute approximate surface area is 116 Å². The van der Waals surface area contributed by atoms with E-state index >= 15 is 0 Å². The van der Waals surface area contributed by atoms with E-state index in [1.165, 1.54) is 0 Å². The summed E-state index contributed by atoms with van der Waals surface area (Å²) in [5, 5.41) is 3.12. The van der Waals surface area contributed by atoms with Crippen molar-refractivity contribution in [2.24, 2.45) is 0 Å². The number of hydrogen-bond acceptors (Lipinski definition) is 3. The Bertz CT molecular complexity index is 561. The summed E-state index contributed by atoms with van der Waals surface area (Å²) in [7, 11) is 0. The van der Waals surface area contributed by atoms with Gasteiger partial charge in [-0.15, -0.1) is 11.3 Å². The number of carbonyl (C=O) groups is 1. The van der Waals surface area contributed by atoms with E-state index in [0.29, 0.717) is 5.69 Å². The summed E-state index contributed by atoms with van der Waals surface area (Å²) in [5.74, 6) is 0.0857. The molecule has 1 atom stereocenters. The lowest BCUT2D eigenvalue weighted by atomic mass is 10.0. The Hall–Kier alpha value is -1.62. The number of hydrogen-bond donors (Lipinski definition) is 1. The van der Waals surface area contributed by atoms with Gasteiger partial charge in [0.25, 0.3) is 5.91 Å². The second-order valence-electron chi connectivity index (χ2n) is 4.92. The van der Waals surface area contributed by atoms with Crippen molar-refractivity contribution in [1.82, 2.24) is 14.9 Å². The number of amides is 1. The van der Waals surface area contributed by atoms with E-state index < -0.39 is 0 Å². The predicted molar refractivity (Wildman–Crippen MR) is 75.3 cm³/mol.